The minimum absolute atomic E-state index is 0.127. The Morgan fingerprint density at radius 3 is 2.58 bits per heavy atom. The van der Waals surface area contributed by atoms with Crippen molar-refractivity contribution in [1.82, 2.24) is 15.6 Å². The number of carbonyl (C=O) groups is 1. The molecule has 3 aromatic rings. The zero-order valence-corrected chi connectivity index (χ0v) is 22.6. The van der Waals surface area contributed by atoms with Gasteiger partial charge < -0.3 is 25.3 Å². The maximum Gasteiger partial charge on any atom is 0.416 e. The Hall–Kier alpha value is -3.53. The smallest absolute Gasteiger partial charge is 0.416 e. The minimum atomic E-state index is -4.33. The maximum absolute atomic E-state index is 13.0. The van der Waals surface area contributed by atoms with E-state index in [2.05, 4.69) is 25.8 Å². The topological polar surface area (TPSA) is 82.4 Å². The molecule has 2 aliphatic rings. The lowest BCUT2D eigenvalue weighted by Gasteiger charge is -2.40. The maximum atomic E-state index is 13.0. The number of halogens is 3. The van der Waals surface area contributed by atoms with Gasteiger partial charge in [-0.2, -0.15) is 13.2 Å². The van der Waals surface area contributed by atoms with Gasteiger partial charge in [-0.15, -0.1) is 0 Å². The van der Waals surface area contributed by atoms with Crippen molar-refractivity contribution in [3.8, 4) is 11.3 Å². The summed E-state index contributed by atoms with van der Waals surface area (Å²) in [7, 11) is 0. The number of piperidine rings is 1. The van der Waals surface area contributed by atoms with E-state index in [1.807, 2.05) is 19.1 Å². The van der Waals surface area contributed by atoms with Crippen LogP contribution in [0.4, 0.5) is 24.9 Å². The Labute approximate surface area is 232 Å². The van der Waals surface area contributed by atoms with Gasteiger partial charge in [0.25, 0.3) is 11.9 Å². The number of oxazole rings is 1. The van der Waals surface area contributed by atoms with Gasteiger partial charge in [0.2, 0.25) is 0 Å². The summed E-state index contributed by atoms with van der Waals surface area (Å²) in [5.41, 5.74) is 1.55. The molecular weight excluding hydrogens is 519 g/mol. The van der Waals surface area contributed by atoms with Crippen LogP contribution >= 0.6 is 0 Å². The fraction of sp³-hybridized carbons (Fsp3) is 0.467. The molecule has 2 heterocycles. The zero-order chi connectivity index (χ0) is 28.1. The van der Waals surface area contributed by atoms with E-state index in [0.29, 0.717) is 23.9 Å². The lowest BCUT2D eigenvalue weighted by Crippen LogP contribution is -2.54. The highest BCUT2D eigenvalue weighted by atomic mass is 19.4. The SMILES string of the molecule is CCNC(=O)c1cccc(-c2cnc(N[C@@H]3CCCC[C@H]3N[C@H]3CCCN(c4ccc(C(F)(F)F)cc4)C3)o2)c1. The molecule has 1 amide bonds. The molecular formula is C30H36F3N5O2. The van der Waals surface area contributed by atoms with E-state index >= 15 is 0 Å². The van der Waals surface area contributed by atoms with Gasteiger partial charge in [-0.25, -0.2) is 4.98 Å². The van der Waals surface area contributed by atoms with Crippen LogP contribution in [0.2, 0.25) is 0 Å². The summed E-state index contributed by atoms with van der Waals surface area (Å²) >= 11 is 0. The van der Waals surface area contributed by atoms with Gasteiger partial charge in [0.1, 0.15) is 0 Å². The van der Waals surface area contributed by atoms with Crippen LogP contribution in [0.25, 0.3) is 11.3 Å². The predicted octanol–water partition coefficient (Wildman–Crippen LogP) is 6.09. The Morgan fingerprint density at radius 2 is 1.82 bits per heavy atom. The van der Waals surface area contributed by atoms with Crippen LogP contribution in [-0.2, 0) is 6.18 Å². The average molecular weight is 556 g/mol. The molecule has 10 heteroatoms. The molecule has 0 radical (unpaired) electrons. The molecule has 5 rings (SSSR count). The molecule has 0 bridgehead atoms. The summed E-state index contributed by atoms with van der Waals surface area (Å²) in [5, 5.41) is 10.1. The number of anilines is 2. The summed E-state index contributed by atoms with van der Waals surface area (Å²) in [6, 6.07) is 13.8. The summed E-state index contributed by atoms with van der Waals surface area (Å²) in [4.78, 5) is 18.9. The van der Waals surface area contributed by atoms with Gasteiger partial charge in [0.15, 0.2) is 5.76 Å². The molecule has 0 unspecified atom stereocenters. The van der Waals surface area contributed by atoms with Gasteiger partial charge in [-0.1, -0.05) is 25.0 Å². The second-order valence-electron chi connectivity index (χ2n) is 10.6. The lowest BCUT2D eigenvalue weighted by atomic mass is 9.89. The van der Waals surface area contributed by atoms with Crippen molar-refractivity contribution in [1.29, 1.82) is 0 Å². The van der Waals surface area contributed by atoms with Crippen LogP contribution in [-0.4, -0.2) is 48.7 Å². The van der Waals surface area contributed by atoms with Crippen LogP contribution in [0.3, 0.4) is 0 Å². The quantitative estimate of drug-likeness (QED) is 0.312. The number of hydrogen-bond acceptors (Lipinski definition) is 6. The molecule has 2 fully saturated rings. The van der Waals surface area contributed by atoms with Crippen LogP contribution < -0.4 is 20.9 Å². The number of hydrogen-bond donors (Lipinski definition) is 3. The van der Waals surface area contributed by atoms with Crippen molar-refractivity contribution in [3.05, 3.63) is 65.9 Å². The van der Waals surface area contributed by atoms with E-state index in [1.165, 1.54) is 0 Å². The van der Waals surface area contributed by atoms with Crippen LogP contribution in [0.15, 0.2) is 59.1 Å². The molecule has 1 saturated heterocycles. The van der Waals surface area contributed by atoms with Crippen molar-refractivity contribution >= 4 is 17.6 Å². The number of carbonyl (C=O) groups excluding carboxylic acids is 1. The number of benzene rings is 2. The summed E-state index contributed by atoms with van der Waals surface area (Å²) in [5.74, 6) is 0.464. The largest absolute Gasteiger partial charge is 0.424 e. The third-order valence-electron chi connectivity index (χ3n) is 7.76. The molecule has 1 aliphatic heterocycles. The normalized spacial score (nSPS) is 21.7. The third-order valence-corrected chi connectivity index (χ3v) is 7.76. The second kappa shape index (κ2) is 12.3. The van der Waals surface area contributed by atoms with E-state index in [9.17, 15) is 18.0 Å². The Bertz CT molecular complexity index is 1280. The van der Waals surface area contributed by atoms with E-state index in [0.717, 1.165) is 75.0 Å². The van der Waals surface area contributed by atoms with Gasteiger partial charge in [0.05, 0.1) is 11.8 Å². The average Bonchev–Trinajstić information content (AvgIpc) is 3.43. The first-order valence-electron chi connectivity index (χ1n) is 14.1. The zero-order valence-electron chi connectivity index (χ0n) is 22.6. The second-order valence-corrected chi connectivity index (χ2v) is 10.6. The van der Waals surface area contributed by atoms with Crippen molar-refractivity contribution in [2.75, 3.05) is 29.9 Å². The highest BCUT2D eigenvalue weighted by molar-refractivity contribution is 5.95. The van der Waals surface area contributed by atoms with Gasteiger partial charge in [-0.3, -0.25) is 4.79 Å². The van der Waals surface area contributed by atoms with Crippen molar-refractivity contribution in [2.24, 2.45) is 0 Å². The van der Waals surface area contributed by atoms with Crippen molar-refractivity contribution < 1.29 is 22.4 Å². The fourth-order valence-electron chi connectivity index (χ4n) is 5.72. The Morgan fingerprint density at radius 1 is 1.05 bits per heavy atom. The van der Waals surface area contributed by atoms with Crippen LogP contribution in [0, 0.1) is 0 Å². The molecule has 40 heavy (non-hydrogen) atoms. The predicted molar refractivity (Wildman–Crippen MR) is 149 cm³/mol. The third kappa shape index (κ3) is 6.78. The van der Waals surface area contributed by atoms with Crippen LogP contribution in [0.5, 0.6) is 0 Å². The van der Waals surface area contributed by atoms with E-state index in [-0.39, 0.29) is 24.0 Å². The molecule has 3 N–H and O–H groups in total. The molecule has 1 aliphatic carbocycles. The summed E-state index contributed by atoms with van der Waals surface area (Å²) < 4.78 is 45.0. The van der Waals surface area contributed by atoms with Crippen molar-refractivity contribution in [2.45, 2.75) is 69.8 Å². The van der Waals surface area contributed by atoms with Gasteiger partial charge in [0, 0.05) is 54.6 Å². The standard InChI is InChI=1S/C30H36F3N5O2/c1-2-34-28(39)21-8-5-7-20(17-21)27-18-35-29(40-27)37-26-11-4-3-10-25(26)36-23-9-6-16-38(19-23)24-14-12-22(13-15-24)30(31,32)33/h5,7-8,12-15,17-18,23,25-26,36H,2-4,6,9-11,16,19H2,1H3,(H,34,39)(H,35,37)/t23-,25+,26+/m0/s1. The van der Waals surface area contributed by atoms with E-state index in [4.69, 9.17) is 4.42 Å². The van der Waals surface area contributed by atoms with E-state index < -0.39 is 11.7 Å². The summed E-state index contributed by atoms with van der Waals surface area (Å²) in [6.07, 6.45) is 3.59. The molecule has 1 saturated carbocycles. The number of aromatic nitrogens is 1. The fourth-order valence-corrected chi connectivity index (χ4v) is 5.72. The van der Waals surface area contributed by atoms with E-state index in [1.54, 1.807) is 30.5 Å². The summed E-state index contributed by atoms with van der Waals surface area (Å²) in [6.45, 7) is 4.02. The minimum Gasteiger partial charge on any atom is -0.424 e. The molecule has 214 valence electrons. The lowest BCUT2D eigenvalue weighted by molar-refractivity contribution is -0.137. The van der Waals surface area contributed by atoms with Crippen LogP contribution in [0.1, 0.15) is 61.4 Å². The molecule has 1 aromatic heterocycles. The Kier molecular flexibility index (Phi) is 8.63. The van der Waals surface area contributed by atoms with Gasteiger partial charge in [-0.05, 0) is 69.0 Å². The number of alkyl halides is 3. The number of nitrogens with zero attached hydrogens (tertiary/aromatic N) is 2. The monoisotopic (exact) mass is 555 g/mol. The highest BCUT2D eigenvalue weighted by Crippen LogP contribution is 2.32. The molecule has 7 nitrogen and oxygen atoms in total. The first-order valence-corrected chi connectivity index (χ1v) is 14.1. The van der Waals surface area contributed by atoms with Gasteiger partial charge >= 0.3 is 6.18 Å². The first kappa shape index (κ1) is 28.0. The Balaban J connectivity index is 1.21. The number of amides is 1. The molecule has 3 atom stereocenters. The first-order chi connectivity index (χ1) is 19.3. The highest BCUT2D eigenvalue weighted by Gasteiger charge is 2.32. The number of rotatable bonds is 8. The number of nitrogens with one attached hydrogen (secondary N) is 3. The molecule has 0 spiro atoms. The van der Waals surface area contributed by atoms with Crippen molar-refractivity contribution in [3.63, 3.8) is 0 Å². The molecule has 2 aromatic carbocycles.